The van der Waals surface area contributed by atoms with Crippen LogP contribution in [0, 0.1) is 0 Å². The molecule has 11 nitrogen and oxygen atoms in total. The van der Waals surface area contributed by atoms with E-state index in [2.05, 4.69) is 12.5 Å². The maximum atomic E-state index is 10.6. The Morgan fingerprint density at radius 2 is 1.40 bits per heavy atom. The second-order valence-electron chi connectivity index (χ2n) is 2.92. The van der Waals surface area contributed by atoms with Crippen LogP contribution in [0.2, 0.25) is 0 Å². The summed E-state index contributed by atoms with van der Waals surface area (Å²) in [5.74, 6) is -2.81. The van der Waals surface area contributed by atoms with Gasteiger partial charge in [0.2, 0.25) is 5.75 Å². The van der Waals surface area contributed by atoms with E-state index in [0.29, 0.717) is 0 Å². The van der Waals surface area contributed by atoms with Crippen molar-refractivity contribution in [3.8, 4) is 17.2 Å². The summed E-state index contributed by atoms with van der Waals surface area (Å²) in [6.07, 6.45) is 0. The van der Waals surface area contributed by atoms with Crippen molar-refractivity contribution in [3.63, 3.8) is 0 Å². The van der Waals surface area contributed by atoms with Crippen molar-refractivity contribution < 1.29 is 46.9 Å². The number of rotatable bonds is 6. The number of para-hydroxylation sites is 1. The lowest BCUT2D eigenvalue weighted by molar-refractivity contribution is 0.356. The molecule has 0 unspecified atom stereocenters. The first-order valence-electron chi connectivity index (χ1n) is 4.27. The Bertz CT molecular complexity index is 764. The zero-order chi connectivity index (χ0) is 15.6. The number of hydrogen-bond acceptors (Lipinski definition) is 9. The zero-order valence-corrected chi connectivity index (χ0v) is 11.6. The second kappa shape index (κ2) is 5.80. The first kappa shape index (κ1) is 16.4. The van der Waals surface area contributed by atoms with Crippen LogP contribution < -0.4 is 12.5 Å². The molecule has 1 rings (SSSR count). The fourth-order valence-corrected chi connectivity index (χ4v) is 2.05. The normalized spacial score (nSPS) is 12.2. The van der Waals surface area contributed by atoms with Gasteiger partial charge < -0.3 is 12.5 Å². The van der Waals surface area contributed by atoms with Crippen molar-refractivity contribution in [2.24, 2.45) is 0 Å². The van der Waals surface area contributed by atoms with Gasteiger partial charge in [0, 0.05) is 0 Å². The molecule has 20 heavy (non-hydrogen) atoms. The van der Waals surface area contributed by atoms with E-state index in [0.717, 1.165) is 18.2 Å². The molecule has 0 saturated heterocycles. The van der Waals surface area contributed by atoms with Gasteiger partial charge >= 0.3 is 20.8 Å². The highest BCUT2D eigenvalue weighted by Crippen LogP contribution is 2.38. The quantitative estimate of drug-likeness (QED) is 0.422. The van der Waals surface area contributed by atoms with Crippen LogP contribution >= 0.6 is 0 Å². The molecule has 0 fully saturated rings. The van der Waals surface area contributed by atoms with Gasteiger partial charge in [0.1, 0.15) is 0 Å². The minimum atomic E-state index is -5.15. The predicted octanol–water partition coefficient (Wildman–Crippen LogP) is -1.04. The SMILES string of the molecule is O=[SH](=O)Oc1cccc(OS(=O)(=O)O)c1OS(=O)(=O)O. The molecule has 0 aromatic heterocycles. The minimum Gasteiger partial charge on any atom is -0.380 e. The van der Waals surface area contributed by atoms with E-state index in [4.69, 9.17) is 9.11 Å². The molecule has 0 heterocycles. The molecule has 0 radical (unpaired) electrons. The predicted molar refractivity (Wildman–Crippen MR) is 61.7 cm³/mol. The summed E-state index contributed by atoms with van der Waals surface area (Å²) < 4.78 is 92.2. The van der Waals surface area contributed by atoms with Crippen molar-refractivity contribution >= 4 is 31.8 Å². The Morgan fingerprint density at radius 3 is 1.85 bits per heavy atom. The minimum absolute atomic E-state index is 0.792. The van der Waals surface area contributed by atoms with Gasteiger partial charge in [-0.1, -0.05) is 6.07 Å². The van der Waals surface area contributed by atoms with Gasteiger partial charge in [-0.3, -0.25) is 9.11 Å². The molecule has 114 valence electrons. The molecule has 0 bridgehead atoms. The Morgan fingerprint density at radius 1 is 0.900 bits per heavy atom. The third-order valence-electron chi connectivity index (χ3n) is 1.50. The van der Waals surface area contributed by atoms with Crippen LogP contribution in [-0.4, -0.2) is 34.4 Å². The van der Waals surface area contributed by atoms with Crippen LogP contribution in [0.15, 0.2) is 18.2 Å². The van der Waals surface area contributed by atoms with Crippen LogP contribution in [0.5, 0.6) is 17.2 Å². The van der Waals surface area contributed by atoms with Crippen LogP contribution in [-0.2, 0) is 31.8 Å². The van der Waals surface area contributed by atoms with E-state index in [9.17, 15) is 25.3 Å². The summed E-state index contributed by atoms with van der Waals surface area (Å²) in [7, 11) is -13.7. The van der Waals surface area contributed by atoms with E-state index in [1.807, 2.05) is 0 Å². The van der Waals surface area contributed by atoms with Crippen molar-refractivity contribution in [2.75, 3.05) is 0 Å². The van der Waals surface area contributed by atoms with Gasteiger partial charge in [0.15, 0.2) is 11.5 Å². The standard InChI is InChI=1S/C6H6O11S3/c7-18(8)15-4-2-1-3-5(16-19(9,10)11)6(4)17-20(12,13)14/h1-3,18H,(H,9,10,11)(H,12,13,14). The van der Waals surface area contributed by atoms with E-state index in [1.54, 1.807) is 0 Å². The molecule has 0 aliphatic rings. The molecule has 0 saturated carbocycles. The van der Waals surface area contributed by atoms with Crippen molar-refractivity contribution in [1.82, 2.24) is 0 Å². The smallest absolute Gasteiger partial charge is 0.380 e. The van der Waals surface area contributed by atoms with Crippen LogP contribution in [0.25, 0.3) is 0 Å². The summed E-state index contributed by atoms with van der Waals surface area (Å²) >= 11 is 0. The molecule has 0 aliphatic heterocycles. The first-order chi connectivity index (χ1) is 8.98. The lowest BCUT2D eigenvalue weighted by Crippen LogP contribution is -2.12. The molecule has 0 amide bonds. The average Bonchev–Trinajstić information content (AvgIpc) is 2.18. The molecular weight excluding hydrogens is 344 g/mol. The third kappa shape index (κ3) is 5.57. The summed E-state index contributed by atoms with van der Waals surface area (Å²) in [5.41, 5.74) is 0. The summed E-state index contributed by atoms with van der Waals surface area (Å²) in [6.45, 7) is 0. The Balaban J connectivity index is 3.43. The number of thiol groups is 1. The lowest BCUT2D eigenvalue weighted by atomic mass is 10.3. The topological polar surface area (TPSA) is 171 Å². The highest BCUT2D eigenvalue weighted by molar-refractivity contribution is 7.81. The van der Waals surface area contributed by atoms with Crippen molar-refractivity contribution in [3.05, 3.63) is 18.2 Å². The van der Waals surface area contributed by atoms with Gasteiger partial charge in [-0.25, -0.2) is 0 Å². The molecule has 2 N–H and O–H groups in total. The molecule has 14 heteroatoms. The number of benzene rings is 1. The highest BCUT2D eigenvalue weighted by Gasteiger charge is 2.22. The van der Waals surface area contributed by atoms with E-state index < -0.39 is 49.0 Å². The molecule has 1 aromatic rings. The van der Waals surface area contributed by atoms with Crippen molar-refractivity contribution in [1.29, 1.82) is 0 Å². The maximum Gasteiger partial charge on any atom is 0.446 e. The van der Waals surface area contributed by atoms with Gasteiger partial charge in [-0.15, -0.1) is 0 Å². The molecule has 0 atom stereocenters. The molecule has 0 aliphatic carbocycles. The third-order valence-corrected chi connectivity index (χ3v) is 2.61. The highest BCUT2D eigenvalue weighted by atomic mass is 32.3. The van der Waals surface area contributed by atoms with Gasteiger partial charge in [0.05, 0.1) is 0 Å². The summed E-state index contributed by atoms with van der Waals surface area (Å²) in [4.78, 5) is 0. The Hall–Kier alpha value is -1.61. The van der Waals surface area contributed by atoms with Gasteiger partial charge in [-0.05, 0) is 12.1 Å². The van der Waals surface area contributed by atoms with Crippen molar-refractivity contribution in [2.45, 2.75) is 0 Å². The second-order valence-corrected chi connectivity index (χ2v) is 5.59. The van der Waals surface area contributed by atoms with Crippen LogP contribution in [0.3, 0.4) is 0 Å². The monoisotopic (exact) mass is 350 g/mol. The maximum absolute atomic E-state index is 10.6. The van der Waals surface area contributed by atoms with Crippen LogP contribution in [0.1, 0.15) is 0 Å². The zero-order valence-electron chi connectivity index (χ0n) is 9.06. The van der Waals surface area contributed by atoms with Crippen LogP contribution in [0.4, 0.5) is 0 Å². The molecule has 0 spiro atoms. The Labute approximate surface area is 114 Å². The number of hydrogen-bond donors (Lipinski definition) is 3. The summed E-state index contributed by atoms with van der Waals surface area (Å²) in [6, 6.07) is 2.69. The fourth-order valence-electron chi connectivity index (χ4n) is 1.01. The van der Waals surface area contributed by atoms with Gasteiger partial charge in [0.25, 0.3) is 11.0 Å². The molecular formula is C6H6O11S3. The fraction of sp³-hybridized carbons (Fsp3) is 0. The summed E-state index contributed by atoms with van der Waals surface area (Å²) in [5, 5.41) is 0. The van der Waals surface area contributed by atoms with E-state index in [1.165, 1.54) is 0 Å². The average molecular weight is 350 g/mol. The van der Waals surface area contributed by atoms with E-state index in [-0.39, 0.29) is 0 Å². The Kier molecular flexibility index (Phi) is 4.77. The lowest BCUT2D eigenvalue weighted by Gasteiger charge is -2.10. The molecule has 1 aromatic carbocycles. The largest absolute Gasteiger partial charge is 0.446 e. The first-order valence-corrected chi connectivity index (χ1v) is 8.10. The van der Waals surface area contributed by atoms with E-state index >= 15 is 0 Å². The van der Waals surface area contributed by atoms with Gasteiger partial charge in [-0.2, -0.15) is 25.3 Å².